The lowest BCUT2D eigenvalue weighted by atomic mass is 10.2. The van der Waals surface area contributed by atoms with Crippen LogP contribution in [-0.4, -0.2) is 38.7 Å². The average molecular weight is 352 g/mol. The van der Waals surface area contributed by atoms with Gasteiger partial charge in [-0.3, -0.25) is 24.5 Å². The Hall–Kier alpha value is -3.22. The van der Waals surface area contributed by atoms with Crippen molar-refractivity contribution in [2.75, 3.05) is 13.1 Å². The maximum atomic E-state index is 12.6. The van der Waals surface area contributed by atoms with Gasteiger partial charge >= 0.3 is 0 Å². The smallest absolute Gasteiger partial charge is 0.273 e. The Balaban J connectivity index is 1.78. The Labute approximate surface area is 149 Å². The van der Waals surface area contributed by atoms with Gasteiger partial charge in [-0.05, 0) is 31.2 Å². The first-order valence-corrected chi connectivity index (χ1v) is 8.49. The Morgan fingerprint density at radius 1 is 1.12 bits per heavy atom. The van der Waals surface area contributed by atoms with Crippen LogP contribution in [0.1, 0.15) is 12.6 Å². The molecule has 1 aromatic carbocycles. The first kappa shape index (κ1) is 17.6. The fourth-order valence-corrected chi connectivity index (χ4v) is 2.85. The van der Waals surface area contributed by atoms with Gasteiger partial charge in [0.15, 0.2) is 0 Å². The van der Waals surface area contributed by atoms with Crippen LogP contribution in [0.4, 0.5) is 0 Å². The van der Waals surface area contributed by atoms with Crippen molar-refractivity contribution in [3.8, 4) is 0 Å². The molecule has 26 heavy (non-hydrogen) atoms. The third-order valence-electron chi connectivity index (χ3n) is 4.28. The number of pyridine rings is 1. The molecule has 134 valence electrons. The molecule has 2 aromatic heterocycles. The molecule has 0 unspecified atom stereocenters. The molecule has 0 atom stereocenters. The van der Waals surface area contributed by atoms with E-state index < -0.39 is 0 Å². The maximum Gasteiger partial charge on any atom is 0.273 e. The summed E-state index contributed by atoms with van der Waals surface area (Å²) >= 11 is 0. The van der Waals surface area contributed by atoms with Gasteiger partial charge in [-0.2, -0.15) is 0 Å². The zero-order chi connectivity index (χ0) is 18.5. The van der Waals surface area contributed by atoms with Crippen molar-refractivity contribution >= 4 is 16.7 Å². The second kappa shape index (κ2) is 7.77. The van der Waals surface area contributed by atoms with Crippen LogP contribution < -0.4 is 11.1 Å². The second-order valence-corrected chi connectivity index (χ2v) is 5.92. The molecule has 0 fully saturated rings. The normalized spacial score (nSPS) is 10.8. The van der Waals surface area contributed by atoms with Crippen LogP contribution in [0.5, 0.6) is 0 Å². The molecule has 3 aromatic rings. The number of benzene rings is 1. The number of rotatable bonds is 6. The maximum absolute atomic E-state index is 12.6. The van der Waals surface area contributed by atoms with Crippen molar-refractivity contribution in [1.82, 2.24) is 19.7 Å². The second-order valence-electron chi connectivity index (χ2n) is 5.92. The van der Waals surface area contributed by atoms with Crippen molar-refractivity contribution < 1.29 is 4.79 Å². The summed E-state index contributed by atoms with van der Waals surface area (Å²) in [6.07, 6.45) is 2.34. The first-order chi connectivity index (χ1) is 12.6. The Morgan fingerprint density at radius 2 is 1.85 bits per heavy atom. The number of nitrogens with one attached hydrogen (secondary N) is 1. The Kier molecular flexibility index (Phi) is 5.26. The monoisotopic (exact) mass is 352 g/mol. The molecule has 7 nitrogen and oxygen atoms in total. The van der Waals surface area contributed by atoms with E-state index in [1.807, 2.05) is 25.1 Å². The molecule has 0 aliphatic carbocycles. The van der Waals surface area contributed by atoms with Gasteiger partial charge in [0.1, 0.15) is 6.54 Å². The number of fused-ring (bicyclic) bond motifs is 1. The zero-order valence-corrected chi connectivity index (χ0v) is 14.5. The number of H-pyrrole nitrogens is 1. The minimum absolute atomic E-state index is 0.199. The topological polar surface area (TPSA) is 88.1 Å². The van der Waals surface area contributed by atoms with Crippen molar-refractivity contribution in [2.45, 2.75) is 19.9 Å². The van der Waals surface area contributed by atoms with E-state index in [0.29, 0.717) is 30.3 Å². The Bertz CT molecular complexity index is 1020. The highest BCUT2D eigenvalue weighted by atomic mass is 16.2. The van der Waals surface area contributed by atoms with E-state index >= 15 is 0 Å². The van der Waals surface area contributed by atoms with Gasteiger partial charge in [0.2, 0.25) is 5.91 Å². The van der Waals surface area contributed by atoms with Gasteiger partial charge < -0.3 is 4.90 Å². The lowest BCUT2D eigenvalue weighted by Crippen LogP contribution is -2.40. The summed E-state index contributed by atoms with van der Waals surface area (Å²) in [7, 11) is 0. The lowest BCUT2D eigenvalue weighted by Gasteiger charge is -2.21. The predicted molar refractivity (Wildman–Crippen MR) is 99.0 cm³/mol. The summed E-state index contributed by atoms with van der Waals surface area (Å²) in [6, 6.07) is 12.2. The highest BCUT2D eigenvalue weighted by Gasteiger charge is 2.15. The van der Waals surface area contributed by atoms with Crippen molar-refractivity contribution in [2.24, 2.45) is 0 Å². The first-order valence-electron chi connectivity index (χ1n) is 8.49. The molecule has 0 aliphatic heterocycles. The van der Waals surface area contributed by atoms with Crippen molar-refractivity contribution in [1.29, 1.82) is 0 Å². The molecule has 0 saturated heterocycles. The van der Waals surface area contributed by atoms with E-state index in [4.69, 9.17) is 0 Å². The summed E-state index contributed by atoms with van der Waals surface area (Å²) in [5.41, 5.74) is 0.133. The summed E-state index contributed by atoms with van der Waals surface area (Å²) < 4.78 is 1.08. The van der Waals surface area contributed by atoms with Gasteiger partial charge in [0.25, 0.3) is 11.1 Å². The van der Waals surface area contributed by atoms with Crippen LogP contribution in [-0.2, 0) is 17.8 Å². The van der Waals surface area contributed by atoms with Crippen LogP contribution in [0.25, 0.3) is 10.8 Å². The molecule has 0 bridgehead atoms. The Morgan fingerprint density at radius 3 is 2.54 bits per heavy atom. The number of carbonyl (C=O) groups excluding carboxylic acids is 1. The number of aromatic amines is 1. The third kappa shape index (κ3) is 3.72. The average Bonchev–Trinajstić information content (AvgIpc) is 2.67. The number of aromatic nitrogens is 3. The zero-order valence-electron chi connectivity index (χ0n) is 14.5. The minimum Gasteiger partial charge on any atom is -0.341 e. The molecule has 0 radical (unpaired) electrons. The highest BCUT2D eigenvalue weighted by Crippen LogP contribution is 2.03. The van der Waals surface area contributed by atoms with E-state index in [1.165, 1.54) is 0 Å². The number of amides is 1. The van der Waals surface area contributed by atoms with Gasteiger partial charge in [0, 0.05) is 31.4 Å². The third-order valence-corrected chi connectivity index (χ3v) is 4.28. The lowest BCUT2D eigenvalue weighted by molar-refractivity contribution is -0.131. The standard InChI is InChI=1S/C19H20N4O3/c1-2-22(12-10-14-7-5-6-11-20-14)17(24)13-23-19(26)16-9-4-3-8-15(16)18(25)21-23/h3-9,11H,2,10,12-13H2,1H3,(H,21,25). The van der Waals surface area contributed by atoms with Gasteiger partial charge in [0.05, 0.1) is 10.8 Å². The van der Waals surface area contributed by atoms with Crippen LogP contribution in [0, 0.1) is 0 Å². The summed E-state index contributed by atoms with van der Waals surface area (Å²) in [5.74, 6) is -0.225. The summed E-state index contributed by atoms with van der Waals surface area (Å²) in [5, 5.41) is 3.12. The molecule has 0 aliphatic rings. The SMILES string of the molecule is CCN(CCc1ccccn1)C(=O)Cn1[nH]c(=O)c2ccccc2c1=O. The van der Waals surface area contributed by atoms with Gasteiger partial charge in [-0.25, -0.2) is 4.68 Å². The molecule has 0 saturated carbocycles. The summed E-state index contributed by atoms with van der Waals surface area (Å²) in [4.78, 5) is 43.1. The van der Waals surface area contributed by atoms with Crippen LogP contribution in [0.15, 0.2) is 58.3 Å². The molecule has 1 N–H and O–H groups in total. The number of hydrogen-bond acceptors (Lipinski definition) is 4. The number of hydrogen-bond donors (Lipinski definition) is 1. The van der Waals surface area contributed by atoms with E-state index in [-0.39, 0.29) is 23.6 Å². The van der Waals surface area contributed by atoms with E-state index in [0.717, 1.165) is 10.4 Å². The number of nitrogens with zero attached hydrogens (tertiary/aromatic N) is 3. The quantitative estimate of drug-likeness (QED) is 0.721. The van der Waals surface area contributed by atoms with Crippen LogP contribution in [0.3, 0.4) is 0 Å². The largest absolute Gasteiger partial charge is 0.341 e. The molecule has 3 rings (SSSR count). The fourth-order valence-electron chi connectivity index (χ4n) is 2.85. The number of carbonyl (C=O) groups is 1. The molecular weight excluding hydrogens is 332 g/mol. The van der Waals surface area contributed by atoms with Crippen LogP contribution >= 0.6 is 0 Å². The van der Waals surface area contributed by atoms with Gasteiger partial charge in [-0.1, -0.05) is 18.2 Å². The molecule has 0 spiro atoms. The van der Waals surface area contributed by atoms with E-state index in [2.05, 4.69) is 10.1 Å². The highest BCUT2D eigenvalue weighted by molar-refractivity contribution is 5.81. The molecule has 7 heteroatoms. The molecule has 1 amide bonds. The summed E-state index contributed by atoms with van der Waals surface area (Å²) in [6.45, 7) is 2.69. The molecule has 2 heterocycles. The van der Waals surface area contributed by atoms with Crippen molar-refractivity contribution in [3.05, 3.63) is 75.1 Å². The van der Waals surface area contributed by atoms with Crippen LogP contribution in [0.2, 0.25) is 0 Å². The minimum atomic E-state index is -0.385. The predicted octanol–water partition coefficient (Wildman–Crippen LogP) is 1.18. The van der Waals surface area contributed by atoms with E-state index in [1.54, 1.807) is 35.4 Å². The molecular formula is C19H20N4O3. The van der Waals surface area contributed by atoms with E-state index in [9.17, 15) is 14.4 Å². The van der Waals surface area contributed by atoms with Gasteiger partial charge in [-0.15, -0.1) is 0 Å². The van der Waals surface area contributed by atoms with Crippen molar-refractivity contribution in [3.63, 3.8) is 0 Å². The fraction of sp³-hybridized carbons (Fsp3) is 0.263. The number of likely N-dealkylation sites (N-methyl/N-ethyl adjacent to an activating group) is 1.